The van der Waals surface area contributed by atoms with Gasteiger partial charge in [-0.15, -0.1) is 0 Å². The third-order valence-electron chi connectivity index (χ3n) is 12.1. The third kappa shape index (κ3) is 4.59. The Morgan fingerprint density at radius 1 is 1.18 bits per heavy atom. The lowest BCUT2D eigenvalue weighted by atomic mass is 9.47. The van der Waals surface area contributed by atoms with Crippen LogP contribution in [0.25, 0.3) is 0 Å². The van der Waals surface area contributed by atoms with E-state index in [0.29, 0.717) is 29.1 Å². The second-order valence-corrected chi connectivity index (χ2v) is 14.0. The van der Waals surface area contributed by atoms with E-state index in [1.54, 1.807) is 18.1 Å². The summed E-state index contributed by atoms with van der Waals surface area (Å²) in [5.74, 6) is 4.91. The SMILES string of the molecule is CC(CCC(=O)N1CCC(Nc2ccncn2)C1)[C@H]1CC[C@H]2[C@@H]3CC=C4C[C@@H](O)CC[C@]4(C)[C@H]3CC[C@]12C. The van der Waals surface area contributed by atoms with Gasteiger partial charge in [0.2, 0.25) is 5.91 Å². The summed E-state index contributed by atoms with van der Waals surface area (Å²) in [6.07, 6.45) is 18.1. The summed E-state index contributed by atoms with van der Waals surface area (Å²) in [5.41, 5.74) is 2.30. The molecule has 2 unspecified atom stereocenters. The fourth-order valence-electron chi connectivity index (χ4n) is 10.0. The summed E-state index contributed by atoms with van der Waals surface area (Å²) in [7, 11) is 0. The van der Waals surface area contributed by atoms with Crippen molar-refractivity contribution in [1.82, 2.24) is 14.9 Å². The number of hydrogen-bond acceptors (Lipinski definition) is 5. The van der Waals surface area contributed by atoms with Gasteiger partial charge in [-0.25, -0.2) is 9.97 Å². The number of amides is 1. The lowest BCUT2D eigenvalue weighted by Gasteiger charge is -2.58. The Balaban J connectivity index is 1.04. The summed E-state index contributed by atoms with van der Waals surface area (Å²) in [4.78, 5) is 23.5. The highest BCUT2D eigenvalue weighted by atomic mass is 16.3. The number of rotatable bonds is 6. The molecule has 1 amide bonds. The van der Waals surface area contributed by atoms with Crippen LogP contribution in [0.2, 0.25) is 0 Å². The minimum Gasteiger partial charge on any atom is -0.393 e. The van der Waals surface area contributed by atoms with Crippen molar-refractivity contribution in [2.75, 3.05) is 18.4 Å². The topological polar surface area (TPSA) is 78.4 Å². The standard InChI is InChI=1S/C32H48N4O2/c1-21(4-9-30(38)36-17-13-23(19-36)35-29-12-16-33-20-34-29)26-7-8-27-25-6-5-22-18-24(37)10-14-31(22,2)28(25)11-15-32(26,27)3/h5,12,16,20-21,23-28,37H,4,6-11,13-15,17-19H2,1-3H3,(H,33,34,35)/t21?,23?,24-,25-,26+,27-,28-,31-,32+/m0/s1. The highest BCUT2D eigenvalue weighted by Gasteiger charge is 2.59. The lowest BCUT2D eigenvalue weighted by molar-refractivity contribution is -0.130. The Morgan fingerprint density at radius 2 is 2.05 bits per heavy atom. The molecule has 1 aliphatic heterocycles. The molecule has 2 N–H and O–H groups in total. The van der Waals surface area contributed by atoms with Crippen LogP contribution in [-0.4, -0.2) is 51.1 Å². The van der Waals surface area contributed by atoms with Crippen LogP contribution in [0.4, 0.5) is 5.82 Å². The molecule has 208 valence electrons. The van der Waals surface area contributed by atoms with E-state index >= 15 is 0 Å². The van der Waals surface area contributed by atoms with Crippen LogP contribution in [0.1, 0.15) is 91.4 Å². The quantitative estimate of drug-likeness (QED) is 0.461. The average molecular weight is 521 g/mol. The number of aliphatic hydroxyl groups excluding tert-OH is 1. The predicted molar refractivity (Wildman–Crippen MR) is 150 cm³/mol. The van der Waals surface area contributed by atoms with E-state index in [9.17, 15) is 9.90 Å². The summed E-state index contributed by atoms with van der Waals surface area (Å²) in [5, 5.41) is 13.8. The van der Waals surface area contributed by atoms with Crippen molar-refractivity contribution in [3.8, 4) is 0 Å². The Kier molecular flexibility index (Phi) is 7.07. The first-order valence-electron chi connectivity index (χ1n) is 15.5. The number of carbonyl (C=O) groups is 1. The Bertz CT molecular complexity index is 1050. The molecule has 6 rings (SSSR count). The van der Waals surface area contributed by atoms with Crippen molar-refractivity contribution >= 4 is 11.7 Å². The number of likely N-dealkylation sites (tertiary alicyclic amines) is 1. The van der Waals surface area contributed by atoms with E-state index in [-0.39, 0.29) is 12.1 Å². The number of carbonyl (C=O) groups excluding carboxylic acids is 1. The molecule has 0 bridgehead atoms. The number of aromatic nitrogens is 2. The van der Waals surface area contributed by atoms with Gasteiger partial charge in [0.15, 0.2) is 0 Å². The van der Waals surface area contributed by atoms with Crippen LogP contribution in [0.15, 0.2) is 30.2 Å². The summed E-state index contributed by atoms with van der Waals surface area (Å²) >= 11 is 0. The molecule has 3 saturated carbocycles. The number of fused-ring (bicyclic) bond motifs is 5. The monoisotopic (exact) mass is 520 g/mol. The summed E-state index contributed by atoms with van der Waals surface area (Å²) < 4.78 is 0. The molecule has 4 aliphatic carbocycles. The van der Waals surface area contributed by atoms with Gasteiger partial charge in [0.05, 0.1) is 6.10 Å². The highest BCUT2D eigenvalue weighted by molar-refractivity contribution is 5.76. The largest absolute Gasteiger partial charge is 0.393 e. The maximum absolute atomic E-state index is 13.2. The number of aliphatic hydroxyl groups is 1. The van der Waals surface area contributed by atoms with E-state index in [1.165, 1.54) is 38.5 Å². The minimum absolute atomic E-state index is 0.125. The number of nitrogens with zero attached hydrogens (tertiary/aromatic N) is 3. The van der Waals surface area contributed by atoms with Crippen molar-refractivity contribution in [3.05, 3.63) is 30.2 Å². The van der Waals surface area contributed by atoms with E-state index in [2.05, 4.69) is 47.0 Å². The van der Waals surface area contributed by atoms with Gasteiger partial charge in [0.1, 0.15) is 12.1 Å². The fourth-order valence-corrected chi connectivity index (χ4v) is 10.0. The average Bonchev–Trinajstić information content (AvgIpc) is 3.52. The zero-order chi connectivity index (χ0) is 26.5. The summed E-state index contributed by atoms with van der Waals surface area (Å²) in [6, 6.07) is 2.16. The van der Waals surface area contributed by atoms with Gasteiger partial charge in [0.25, 0.3) is 0 Å². The molecule has 1 aromatic heterocycles. The number of allylic oxidation sites excluding steroid dienone is 1. The molecule has 1 saturated heterocycles. The maximum atomic E-state index is 13.2. The van der Waals surface area contributed by atoms with Gasteiger partial charge >= 0.3 is 0 Å². The molecule has 5 aliphatic rings. The van der Waals surface area contributed by atoms with E-state index in [4.69, 9.17) is 0 Å². The Hall–Kier alpha value is -1.95. The molecular formula is C32H48N4O2. The van der Waals surface area contributed by atoms with Crippen molar-refractivity contribution < 1.29 is 9.90 Å². The van der Waals surface area contributed by atoms with Crippen LogP contribution < -0.4 is 5.32 Å². The second kappa shape index (κ2) is 10.2. The van der Waals surface area contributed by atoms with Gasteiger partial charge in [0, 0.05) is 31.7 Å². The normalized spacial score (nSPS) is 41.1. The first-order valence-corrected chi connectivity index (χ1v) is 15.5. The Labute approximate surface area is 229 Å². The molecule has 0 radical (unpaired) electrons. The summed E-state index contributed by atoms with van der Waals surface area (Å²) in [6.45, 7) is 9.18. The number of hydrogen-bond donors (Lipinski definition) is 2. The molecule has 0 aromatic carbocycles. The fraction of sp³-hybridized carbons (Fsp3) is 0.781. The number of anilines is 1. The van der Waals surface area contributed by atoms with Crippen molar-refractivity contribution in [2.45, 2.75) is 104 Å². The van der Waals surface area contributed by atoms with E-state index in [0.717, 1.165) is 68.3 Å². The van der Waals surface area contributed by atoms with Crippen LogP contribution in [0, 0.1) is 40.4 Å². The molecule has 2 heterocycles. The van der Waals surface area contributed by atoms with Gasteiger partial charge in [-0.1, -0.05) is 32.4 Å². The second-order valence-electron chi connectivity index (χ2n) is 14.0. The molecular weight excluding hydrogens is 472 g/mol. The van der Waals surface area contributed by atoms with Crippen LogP contribution in [0.3, 0.4) is 0 Å². The molecule has 38 heavy (non-hydrogen) atoms. The van der Waals surface area contributed by atoms with Gasteiger partial charge in [-0.05, 0) is 111 Å². The van der Waals surface area contributed by atoms with Gasteiger partial charge in [-0.3, -0.25) is 4.79 Å². The van der Waals surface area contributed by atoms with Gasteiger partial charge < -0.3 is 15.3 Å². The third-order valence-corrected chi connectivity index (χ3v) is 12.1. The zero-order valence-electron chi connectivity index (χ0n) is 23.7. The molecule has 1 aromatic rings. The number of nitrogens with one attached hydrogen (secondary N) is 1. The Morgan fingerprint density at radius 3 is 2.87 bits per heavy atom. The first-order chi connectivity index (χ1) is 18.3. The molecule has 9 atom stereocenters. The van der Waals surface area contributed by atoms with Gasteiger partial charge in [-0.2, -0.15) is 0 Å². The molecule has 6 heteroatoms. The molecule has 4 fully saturated rings. The minimum atomic E-state index is -0.125. The zero-order valence-corrected chi connectivity index (χ0v) is 23.7. The smallest absolute Gasteiger partial charge is 0.222 e. The van der Waals surface area contributed by atoms with Crippen LogP contribution >= 0.6 is 0 Å². The van der Waals surface area contributed by atoms with Crippen molar-refractivity contribution in [3.63, 3.8) is 0 Å². The van der Waals surface area contributed by atoms with Crippen LogP contribution in [0.5, 0.6) is 0 Å². The van der Waals surface area contributed by atoms with Crippen LogP contribution in [-0.2, 0) is 4.79 Å². The molecule has 6 nitrogen and oxygen atoms in total. The van der Waals surface area contributed by atoms with E-state index in [1.807, 2.05) is 6.07 Å². The van der Waals surface area contributed by atoms with Crippen molar-refractivity contribution in [2.24, 2.45) is 40.4 Å². The highest BCUT2D eigenvalue weighted by Crippen LogP contribution is 2.67. The predicted octanol–water partition coefficient (Wildman–Crippen LogP) is 5.85. The van der Waals surface area contributed by atoms with E-state index < -0.39 is 0 Å². The maximum Gasteiger partial charge on any atom is 0.222 e. The first kappa shape index (κ1) is 26.3. The lowest BCUT2D eigenvalue weighted by Crippen LogP contribution is -2.50. The van der Waals surface area contributed by atoms with Crippen molar-refractivity contribution in [1.29, 1.82) is 0 Å². The molecule has 0 spiro atoms.